The van der Waals surface area contributed by atoms with Gasteiger partial charge in [0.15, 0.2) is 0 Å². The van der Waals surface area contributed by atoms with Gasteiger partial charge >= 0.3 is 8.56 Å². The van der Waals surface area contributed by atoms with Crippen LogP contribution in [0.4, 0.5) is 0 Å². The minimum Gasteiger partial charge on any atom is -0.392 e. The van der Waals surface area contributed by atoms with E-state index in [9.17, 15) is 0 Å². The Kier molecular flexibility index (Phi) is 6.93. The summed E-state index contributed by atoms with van der Waals surface area (Å²) >= 11 is 0. The molecule has 118 valence electrons. The Labute approximate surface area is 123 Å². The predicted octanol–water partition coefficient (Wildman–Crippen LogP) is 2.10. The zero-order valence-electron chi connectivity index (χ0n) is 12.8. The normalized spacial score (nSPS) is 33.9. The summed E-state index contributed by atoms with van der Waals surface area (Å²) in [5, 5.41) is 0. The van der Waals surface area contributed by atoms with E-state index in [1.165, 1.54) is 12.8 Å². The molecule has 1 saturated heterocycles. The van der Waals surface area contributed by atoms with Crippen molar-refractivity contribution in [3.63, 3.8) is 0 Å². The molecule has 2 atom stereocenters. The second-order valence-electron chi connectivity index (χ2n) is 5.82. The van der Waals surface area contributed by atoms with E-state index >= 15 is 0 Å². The number of fused-ring (bicyclic) bond motifs is 1. The van der Waals surface area contributed by atoms with Crippen molar-refractivity contribution in [3.8, 4) is 0 Å². The second kappa shape index (κ2) is 8.46. The molecule has 1 saturated carbocycles. The zero-order valence-corrected chi connectivity index (χ0v) is 13.8. The Balaban J connectivity index is 1.90. The second-order valence-corrected chi connectivity index (χ2v) is 9.15. The molecule has 5 nitrogen and oxygen atoms in total. The standard InChI is InChI=1S/C14H28O5Si/c1-20(2)18-12-10-16-8-7-15-9-11-17-13-5-3-4-6-14(13)19-20/h13-14H,3-12H2,1-2H3. The maximum Gasteiger partial charge on any atom is 0.332 e. The molecule has 2 aliphatic rings. The Morgan fingerprint density at radius 3 is 2.10 bits per heavy atom. The third kappa shape index (κ3) is 5.79. The van der Waals surface area contributed by atoms with Crippen LogP contribution in [-0.2, 0) is 23.1 Å². The molecule has 1 heterocycles. The summed E-state index contributed by atoms with van der Waals surface area (Å²) in [6.45, 7) is 7.90. The highest BCUT2D eigenvalue weighted by Crippen LogP contribution is 2.26. The smallest absolute Gasteiger partial charge is 0.332 e. The van der Waals surface area contributed by atoms with E-state index in [2.05, 4.69) is 13.1 Å². The first kappa shape index (κ1) is 16.4. The van der Waals surface area contributed by atoms with Gasteiger partial charge in [-0.15, -0.1) is 0 Å². The van der Waals surface area contributed by atoms with E-state index < -0.39 is 8.56 Å². The van der Waals surface area contributed by atoms with Crippen molar-refractivity contribution in [1.29, 1.82) is 0 Å². The predicted molar refractivity (Wildman–Crippen MR) is 78.2 cm³/mol. The first-order valence-corrected chi connectivity index (χ1v) is 10.6. The largest absolute Gasteiger partial charge is 0.392 e. The average Bonchev–Trinajstić information content (AvgIpc) is 2.41. The molecule has 0 N–H and O–H groups in total. The van der Waals surface area contributed by atoms with E-state index in [1.54, 1.807) is 0 Å². The molecule has 0 aromatic rings. The third-order valence-electron chi connectivity index (χ3n) is 3.69. The minimum absolute atomic E-state index is 0.175. The molecule has 0 radical (unpaired) electrons. The van der Waals surface area contributed by atoms with E-state index in [-0.39, 0.29) is 12.2 Å². The Morgan fingerprint density at radius 2 is 1.35 bits per heavy atom. The maximum absolute atomic E-state index is 6.28. The SMILES string of the molecule is C[Si]1(C)OCCOCCOCCOC2CCCCC2O1. The van der Waals surface area contributed by atoms with Crippen molar-refractivity contribution >= 4 is 8.56 Å². The van der Waals surface area contributed by atoms with Gasteiger partial charge in [0.1, 0.15) is 0 Å². The summed E-state index contributed by atoms with van der Waals surface area (Å²) in [7, 11) is -2.09. The lowest BCUT2D eigenvalue weighted by Gasteiger charge is -2.36. The van der Waals surface area contributed by atoms with Gasteiger partial charge in [-0.1, -0.05) is 12.8 Å². The Bertz CT molecular complexity index is 274. The van der Waals surface area contributed by atoms with Crippen LogP contribution < -0.4 is 0 Å². The molecular formula is C14H28O5Si. The summed E-state index contributed by atoms with van der Waals surface area (Å²) in [6.07, 6.45) is 4.97. The van der Waals surface area contributed by atoms with Crippen LogP contribution in [0.1, 0.15) is 25.7 Å². The quantitative estimate of drug-likeness (QED) is 0.641. The van der Waals surface area contributed by atoms with Gasteiger partial charge in [0.25, 0.3) is 0 Å². The summed E-state index contributed by atoms with van der Waals surface area (Å²) in [5.41, 5.74) is 0. The zero-order chi connectivity index (χ0) is 14.3. The monoisotopic (exact) mass is 304 g/mol. The lowest BCUT2D eigenvalue weighted by atomic mass is 9.95. The molecule has 2 unspecified atom stereocenters. The molecule has 6 heteroatoms. The van der Waals surface area contributed by atoms with Gasteiger partial charge in [0.2, 0.25) is 0 Å². The highest BCUT2D eigenvalue weighted by Gasteiger charge is 2.34. The van der Waals surface area contributed by atoms with Crippen LogP contribution >= 0.6 is 0 Å². The van der Waals surface area contributed by atoms with Crippen molar-refractivity contribution < 1.29 is 23.1 Å². The van der Waals surface area contributed by atoms with Gasteiger partial charge in [-0.2, -0.15) is 0 Å². The van der Waals surface area contributed by atoms with Crippen LogP contribution in [0.25, 0.3) is 0 Å². The van der Waals surface area contributed by atoms with Crippen molar-refractivity contribution in [2.45, 2.75) is 51.0 Å². The first-order chi connectivity index (χ1) is 9.67. The van der Waals surface area contributed by atoms with Crippen LogP contribution in [0, 0.1) is 0 Å². The first-order valence-electron chi connectivity index (χ1n) is 7.76. The van der Waals surface area contributed by atoms with Gasteiger partial charge in [-0.05, 0) is 25.9 Å². The average molecular weight is 304 g/mol. The fourth-order valence-corrected chi connectivity index (χ4v) is 4.36. The van der Waals surface area contributed by atoms with Crippen LogP contribution in [-0.4, -0.2) is 60.4 Å². The van der Waals surface area contributed by atoms with E-state index in [4.69, 9.17) is 23.1 Å². The fraction of sp³-hybridized carbons (Fsp3) is 1.00. The van der Waals surface area contributed by atoms with Gasteiger partial charge in [-0.3, -0.25) is 0 Å². The number of rotatable bonds is 0. The van der Waals surface area contributed by atoms with Gasteiger partial charge in [-0.25, -0.2) is 0 Å². The Morgan fingerprint density at radius 1 is 0.750 bits per heavy atom. The lowest BCUT2D eigenvalue weighted by molar-refractivity contribution is -0.0818. The summed E-state index contributed by atoms with van der Waals surface area (Å²) in [5.74, 6) is 0. The van der Waals surface area contributed by atoms with Crippen molar-refractivity contribution in [1.82, 2.24) is 0 Å². The highest BCUT2D eigenvalue weighted by molar-refractivity contribution is 6.64. The Hall–Kier alpha value is 0.0169. The molecule has 1 aliphatic carbocycles. The van der Waals surface area contributed by atoms with Crippen LogP contribution in [0.2, 0.25) is 13.1 Å². The van der Waals surface area contributed by atoms with Gasteiger partial charge in [0.05, 0.1) is 51.8 Å². The summed E-state index contributed by atoms with van der Waals surface area (Å²) < 4.78 is 29.1. The molecule has 2 rings (SSSR count). The van der Waals surface area contributed by atoms with Crippen LogP contribution in [0.3, 0.4) is 0 Å². The summed E-state index contributed by atoms with van der Waals surface area (Å²) in [4.78, 5) is 0. The molecule has 0 aromatic carbocycles. The van der Waals surface area contributed by atoms with Crippen LogP contribution in [0.15, 0.2) is 0 Å². The molecule has 1 aliphatic heterocycles. The number of hydrogen-bond donors (Lipinski definition) is 0. The molecule has 20 heavy (non-hydrogen) atoms. The molecule has 0 aromatic heterocycles. The van der Waals surface area contributed by atoms with E-state index in [0.29, 0.717) is 39.6 Å². The van der Waals surface area contributed by atoms with E-state index in [1.807, 2.05) is 0 Å². The maximum atomic E-state index is 6.28. The molecular weight excluding hydrogens is 276 g/mol. The van der Waals surface area contributed by atoms with Gasteiger partial charge in [0, 0.05) is 0 Å². The highest BCUT2D eigenvalue weighted by atomic mass is 28.4. The lowest BCUT2D eigenvalue weighted by Crippen LogP contribution is -2.46. The molecule has 0 spiro atoms. The molecule has 0 bridgehead atoms. The number of ether oxygens (including phenoxy) is 3. The topological polar surface area (TPSA) is 46.2 Å². The minimum atomic E-state index is -2.09. The summed E-state index contributed by atoms with van der Waals surface area (Å²) in [6, 6.07) is 0. The van der Waals surface area contributed by atoms with Crippen molar-refractivity contribution in [3.05, 3.63) is 0 Å². The third-order valence-corrected chi connectivity index (χ3v) is 5.46. The van der Waals surface area contributed by atoms with Crippen molar-refractivity contribution in [2.75, 3.05) is 39.6 Å². The van der Waals surface area contributed by atoms with Gasteiger partial charge < -0.3 is 23.1 Å². The van der Waals surface area contributed by atoms with Crippen LogP contribution in [0.5, 0.6) is 0 Å². The number of hydrogen-bond acceptors (Lipinski definition) is 5. The molecule has 0 amide bonds. The van der Waals surface area contributed by atoms with E-state index in [0.717, 1.165) is 12.8 Å². The fourth-order valence-electron chi connectivity index (χ4n) is 2.71. The van der Waals surface area contributed by atoms with Crippen molar-refractivity contribution in [2.24, 2.45) is 0 Å². The molecule has 2 fully saturated rings.